The van der Waals surface area contributed by atoms with E-state index in [9.17, 15) is 19.8 Å². The number of aryl methyl sites for hydroxylation is 1. The predicted molar refractivity (Wildman–Crippen MR) is 204 cm³/mol. The second kappa shape index (κ2) is 18.1. The summed E-state index contributed by atoms with van der Waals surface area (Å²) in [7, 11) is 1.76. The molecule has 2 aliphatic heterocycles. The van der Waals surface area contributed by atoms with Crippen LogP contribution >= 0.6 is 0 Å². The third-order valence-electron chi connectivity index (χ3n) is 10.4. The number of aliphatic hydroxyl groups is 1. The van der Waals surface area contributed by atoms with Crippen LogP contribution in [0, 0.1) is 6.92 Å². The first-order chi connectivity index (χ1) is 25.7. The first-order valence-corrected chi connectivity index (χ1v) is 18.7. The van der Waals surface area contributed by atoms with Crippen LogP contribution in [-0.2, 0) is 27.1 Å². The van der Waals surface area contributed by atoms with Gasteiger partial charge in [-0.05, 0) is 67.5 Å². The minimum Gasteiger partial charge on any atom is -0.506 e. The molecule has 2 saturated heterocycles. The number of anilines is 1. The molecule has 0 aliphatic carbocycles. The number of likely N-dealkylation sites (N-methyl/N-ethyl adjacent to an activating group) is 1. The zero-order valence-electron chi connectivity index (χ0n) is 30.9. The Morgan fingerprint density at radius 1 is 1.09 bits per heavy atom. The van der Waals surface area contributed by atoms with Crippen LogP contribution in [-0.4, -0.2) is 126 Å². The minimum absolute atomic E-state index is 0.000803. The monoisotopic (exact) mass is 727 g/mol. The van der Waals surface area contributed by atoms with Crippen LogP contribution < -0.4 is 15.8 Å². The number of hydrogen-bond donors (Lipinski definition) is 4. The summed E-state index contributed by atoms with van der Waals surface area (Å²) in [6, 6.07) is 16.7. The number of pyridine rings is 1. The number of benzene rings is 2. The molecular formula is C40H53N7O6. The highest BCUT2D eigenvalue weighted by atomic mass is 16.5. The number of piperidine rings is 1. The molecule has 2 aromatic heterocycles. The lowest BCUT2D eigenvalue weighted by Gasteiger charge is -2.47. The Hall–Kier alpha value is -4.40. The van der Waals surface area contributed by atoms with Gasteiger partial charge in [-0.25, -0.2) is 9.97 Å². The van der Waals surface area contributed by atoms with E-state index in [1.807, 2.05) is 19.2 Å². The fourth-order valence-corrected chi connectivity index (χ4v) is 7.23. The second-order valence-corrected chi connectivity index (χ2v) is 14.3. The van der Waals surface area contributed by atoms with Crippen molar-refractivity contribution in [2.75, 3.05) is 84.1 Å². The maximum atomic E-state index is 12.6. The Morgan fingerprint density at radius 2 is 1.91 bits per heavy atom. The number of aliphatic hydroxyl groups excluding tert-OH is 1. The first-order valence-electron chi connectivity index (χ1n) is 18.7. The third-order valence-corrected chi connectivity index (χ3v) is 10.4. The van der Waals surface area contributed by atoms with Gasteiger partial charge in [0, 0.05) is 76.2 Å². The van der Waals surface area contributed by atoms with Gasteiger partial charge in [0.1, 0.15) is 5.75 Å². The van der Waals surface area contributed by atoms with Crippen LogP contribution in [0.1, 0.15) is 47.8 Å². The van der Waals surface area contributed by atoms with Crippen LogP contribution in [0.4, 0.5) is 5.95 Å². The number of phenols is 1. The summed E-state index contributed by atoms with van der Waals surface area (Å²) in [4.78, 5) is 42.5. The molecule has 2 aliphatic rings. The molecule has 1 atom stereocenters. The van der Waals surface area contributed by atoms with E-state index in [2.05, 4.69) is 54.3 Å². The summed E-state index contributed by atoms with van der Waals surface area (Å²) in [5.41, 5.74) is 3.99. The zero-order chi connectivity index (χ0) is 37.2. The lowest BCUT2D eigenvalue weighted by atomic mass is 9.89. The lowest BCUT2D eigenvalue weighted by Crippen LogP contribution is -2.57. The average Bonchev–Trinajstić information content (AvgIpc) is 3.16. The molecule has 0 saturated carbocycles. The molecule has 4 N–H and O–H groups in total. The Balaban J connectivity index is 0.836. The van der Waals surface area contributed by atoms with Crippen molar-refractivity contribution in [3.63, 3.8) is 0 Å². The van der Waals surface area contributed by atoms with E-state index in [4.69, 9.17) is 9.47 Å². The van der Waals surface area contributed by atoms with Crippen LogP contribution in [0.15, 0.2) is 65.6 Å². The van der Waals surface area contributed by atoms with Crippen molar-refractivity contribution in [2.24, 2.45) is 0 Å². The van der Waals surface area contributed by atoms with Gasteiger partial charge in [-0.3, -0.25) is 9.59 Å². The molecule has 0 unspecified atom stereocenters. The molecule has 6 rings (SSSR count). The highest BCUT2D eigenvalue weighted by molar-refractivity contribution is 5.87. The van der Waals surface area contributed by atoms with E-state index >= 15 is 0 Å². The standard InChI is InChI=1S/C40H53N7O6/c1-29-10-16-42-39(43-29)47-22-25-53-40(28-47)14-19-46(20-15-40)18-11-30-4-3-5-31(26-30)12-23-52-24-13-37(51)45(2)21-17-41-27-35(49)32-6-8-34(48)38-33(32)7-9-36(50)44-38/h3-10,16,26,35,41,48-49H,11-15,17-25,27-28H2,1-2H3,(H,44,50)/t35-/m0/s1. The van der Waals surface area contributed by atoms with Crippen molar-refractivity contribution in [1.29, 1.82) is 0 Å². The molecule has 2 fully saturated rings. The number of ether oxygens (including phenoxy) is 2. The summed E-state index contributed by atoms with van der Waals surface area (Å²) in [5, 5.41) is 24.6. The van der Waals surface area contributed by atoms with Crippen molar-refractivity contribution >= 4 is 22.8 Å². The first kappa shape index (κ1) is 38.3. The van der Waals surface area contributed by atoms with Gasteiger partial charge in [0.25, 0.3) is 0 Å². The molecule has 0 radical (unpaired) electrons. The number of likely N-dealkylation sites (tertiary alicyclic amines) is 1. The van der Waals surface area contributed by atoms with Gasteiger partial charge in [-0.1, -0.05) is 30.3 Å². The number of H-pyrrole nitrogens is 1. The third kappa shape index (κ3) is 10.4. The largest absolute Gasteiger partial charge is 0.506 e. The molecule has 13 nitrogen and oxygen atoms in total. The molecule has 4 heterocycles. The summed E-state index contributed by atoms with van der Waals surface area (Å²) < 4.78 is 12.2. The van der Waals surface area contributed by atoms with Crippen LogP contribution in [0.25, 0.3) is 10.9 Å². The number of aromatic amines is 1. The van der Waals surface area contributed by atoms with Gasteiger partial charge in [-0.2, -0.15) is 0 Å². The van der Waals surface area contributed by atoms with Gasteiger partial charge < -0.3 is 44.7 Å². The molecule has 13 heteroatoms. The van der Waals surface area contributed by atoms with Crippen molar-refractivity contribution in [1.82, 2.24) is 30.1 Å². The number of nitrogens with one attached hydrogen (secondary N) is 2. The summed E-state index contributed by atoms with van der Waals surface area (Å²) in [6.07, 6.45) is 5.10. The van der Waals surface area contributed by atoms with E-state index < -0.39 is 6.10 Å². The van der Waals surface area contributed by atoms with E-state index in [0.29, 0.717) is 55.8 Å². The molecule has 53 heavy (non-hydrogen) atoms. The lowest BCUT2D eigenvalue weighted by molar-refractivity contribution is -0.131. The average molecular weight is 728 g/mol. The topological polar surface area (TPSA) is 156 Å². The van der Waals surface area contributed by atoms with Crippen molar-refractivity contribution in [3.05, 3.63) is 93.5 Å². The van der Waals surface area contributed by atoms with Crippen molar-refractivity contribution < 1.29 is 24.5 Å². The number of amides is 1. The minimum atomic E-state index is -0.854. The quantitative estimate of drug-likeness (QED) is 0.126. The molecular weight excluding hydrogens is 674 g/mol. The Morgan fingerprint density at radius 3 is 2.72 bits per heavy atom. The maximum absolute atomic E-state index is 12.6. The van der Waals surface area contributed by atoms with Crippen LogP contribution in [0.5, 0.6) is 5.75 Å². The number of carbonyl (C=O) groups is 1. The second-order valence-electron chi connectivity index (χ2n) is 14.3. The maximum Gasteiger partial charge on any atom is 0.248 e. The molecule has 2 aromatic carbocycles. The highest BCUT2D eigenvalue weighted by Gasteiger charge is 2.40. The number of aromatic nitrogens is 3. The van der Waals surface area contributed by atoms with Crippen molar-refractivity contribution in [2.45, 2.75) is 50.7 Å². The number of aromatic hydroxyl groups is 1. The van der Waals surface area contributed by atoms with E-state index in [0.717, 1.165) is 70.0 Å². The fourth-order valence-electron chi connectivity index (χ4n) is 7.23. The molecule has 284 valence electrons. The SMILES string of the molecule is Cc1ccnc(N2CCOC3(CCN(CCc4cccc(CCOCCC(=O)N(C)CCNC[C@H](O)c5ccc(O)c6[nH]c(=O)ccc56)c4)CC3)C2)n1. The molecule has 0 bridgehead atoms. The fraction of sp³-hybridized carbons (Fsp3) is 0.500. The van der Waals surface area contributed by atoms with Crippen molar-refractivity contribution in [3.8, 4) is 5.75 Å². The van der Waals surface area contributed by atoms with Gasteiger partial charge in [0.05, 0.1) is 50.0 Å². The van der Waals surface area contributed by atoms with Gasteiger partial charge in [0.2, 0.25) is 17.4 Å². The molecule has 1 spiro atoms. The predicted octanol–water partition coefficient (Wildman–Crippen LogP) is 2.98. The smallest absolute Gasteiger partial charge is 0.248 e. The zero-order valence-corrected chi connectivity index (χ0v) is 30.9. The normalized spacial score (nSPS) is 16.6. The van der Waals surface area contributed by atoms with E-state index in [1.54, 1.807) is 24.1 Å². The summed E-state index contributed by atoms with van der Waals surface area (Å²) in [6.45, 7) is 9.60. The summed E-state index contributed by atoms with van der Waals surface area (Å²) in [5.74, 6) is 0.756. The number of nitrogens with zero attached hydrogens (tertiary/aromatic N) is 5. The number of morpholine rings is 1. The Labute approximate surface area is 311 Å². The molecule has 1 amide bonds. The number of phenolic OH excluding ortho intramolecular Hbond substituents is 1. The number of fused-ring (bicyclic) bond motifs is 1. The van der Waals surface area contributed by atoms with Gasteiger partial charge in [-0.15, -0.1) is 0 Å². The number of carbonyl (C=O) groups excluding carboxylic acids is 1. The molecule has 4 aromatic rings. The highest BCUT2D eigenvalue weighted by Crippen LogP contribution is 2.32. The summed E-state index contributed by atoms with van der Waals surface area (Å²) >= 11 is 0. The van der Waals surface area contributed by atoms with E-state index in [-0.39, 0.29) is 29.4 Å². The van der Waals surface area contributed by atoms with Gasteiger partial charge >= 0.3 is 0 Å². The number of hydrogen-bond acceptors (Lipinski definition) is 11. The Kier molecular flexibility index (Phi) is 13.1. The van der Waals surface area contributed by atoms with Gasteiger partial charge in [0.15, 0.2) is 0 Å². The number of rotatable bonds is 16. The van der Waals surface area contributed by atoms with E-state index in [1.165, 1.54) is 23.3 Å². The van der Waals surface area contributed by atoms with Crippen LogP contribution in [0.3, 0.4) is 0 Å². The Bertz CT molecular complexity index is 1880. The van der Waals surface area contributed by atoms with Crippen LogP contribution in [0.2, 0.25) is 0 Å².